The molecule has 0 aliphatic carbocycles. The molecule has 1 amide bonds. The predicted molar refractivity (Wildman–Crippen MR) is 71.4 cm³/mol. The lowest BCUT2D eigenvalue weighted by molar-refractivity contribution is -0.137. The maximum absolute atomic E-state index is 12.0. The maximum atomic E-state index is 12.0. The minimum atomic E-state index is -0.907. The van der Waals surface area contributed by atoms with E-state index in [0.717, 1.165) is 5.56 Å². The molecule has 0 saturated carbocycles. The molecule has 0 fully saturated rings. The summed E-state index contributed by atoms with van der Waals surface area (Å²) >= 11 is 0. The van der Waals surface area contributed by atoms with Crippen molar-refractivity contribution in [3.63, 3.8) is 0 Å². The zero-order valence-electron chi connectivity index (χ0n) is 10.9. The lowest BCUT2D eigenvalue weighted by atomic mass is 10.3. The van der Waals surface area contributed by atoms with Crippen LogP contribution in [0.3, 0.4) is 0 Å². The van der Waals surface area contributed by atoms with Crippen LogP contribution in [0.25, 0.3) is 0 Å². The molecule has 2 heterocycles. The molecule has 0 saturated heterocycles. The minimum Gasteiger partial charge on any atom is -0.481 e. The van der Waals surface area contributed by atoms with Crippen molar-refractivity contribution in [3.8, 4) is 0 Å². The summed E-state index contributed by atoms with van der Waals surface area (Å²) in [5.74, 6) is -0.770. The third-order valence-electron chi connectivity index (χ3n) is 2.61. The second-order valence-corrected chi connectivity index (χ2v) is 4.31. The van der Waals surface area contributed by atoms with E-state index < -0.39 is 5.97 Å². The molecule has 7 heteroatoms. The van der Waals surface area contributed by atoms with E-state index in [4.69, 9.17) is 5.11 Å². The van der Waals surface area contributed by atoms with Crippen LogP contribution >= 0.6 is 0 Å². The van der Waals surface area contributed by atoms with Gasteiger partial charge < -0.3 is 10.4 Å². The molecule has 2 N–H and O–H groups in total. The molecule has 0 atom stereocenters. The zero-order valence-corrected chi connectivity index (χ0v) is 10.9. The average molecular weight is 274 g/mol. The van der Waals surface area contributed by atoms with Crippen LogP contribution in [0.5, 0.6) is 0 Å². The molecule has 0 bridgehead atoms. The number of carboxylic acid groups (broad SMARTS) is 1. The van der Waals surface area contributed by atoms with Crippen molar-refractivity contribution in [2.24, 2.45) is 0 Å². The SMILES string of the molecule is Cc1ccnc(NC(=O)c2cnn(CCC(=O)O)c2)c1. The van der Waals surface area contributed by atoms with Gasteiger partial charge in [-0.25, -0.2) is 4.98 Å². The topological polar surface area (TPSA) is 97.1 Å². The number of anilines is 1. The van der Waals surface area contributed by atoms with Gasteiger partial charge in [0.05, 0.1) is 24.7 Å². The Balaban J connectivity index is 2.01. The summed E-state index contributed by atoms with van der Waals surface area (Å²) in [6, 6.07) is 3.59. The maximum Gasteiger partial charge on any atom is 0.305 e. The van der Waals surface area contributed by atoms with E-state index in [0.29, 0.717) is 11.4 Å². The van der Waals surface area contributed by atoms with Gasteiger partial charge in [-0.1, -0.05) is 0 Å². The molecular formula is C13H14N4O3. The van der Waals surface area contributed by atoms with Crippen LogP contribution in [0.15, 0.2) is 30.7 Å². The number of nitrogens with zero attached hydrogens (tertiary/aromatic N) is 3. The van der Waals surface area contributed by atoms with Crippen molar-refractivity contribution in [3.05, 3.63) is 41.9 Å². The third-order valence-corrected chi connectivity index (χ3v) is 2.61. The highest BCUT2D eigenvalue weighted by molar-refractivity contribution is 6.03. The highest BCUT2D eigenvalue weighted by Gasteiger charge is 2.10. The fraction of sp³-hybridized carbons (Fsp3) is 0.231. The third kappa shape index (κ3) is 3.64. The van der Waals surface area contributed by atoms with E-state index in [1.807, 2.05) is 13.0 Å². The number of carbonyl (C=O) groups excluding carboxylic acids is 1. The van der Waals surface area contributed by atoms with E-state index in [9.17, 15) is 9.59 Å². The largest absolute Gasteiger partial charge is 0.481 e. The summed E-state index contributed by atoms with van der Waals surface area (Å²) in [6.07, 6.45) is 4.48. The first-order valence-electron chi connectivity index (χ1n) is 6.03. The van der Waals surface area contributed by atoms with Gasteiger partial charge in [-0.15, -0.1) is 0 Å². The van der Waals surface area contributed by atoms with Crippen LogP contribution in [0.1, 0.15) is 22.3 Å². The Hall–Kier alpha value is -2.70. The molecule has 0 unspecified atom stereocenters. The fourth-order valence-electron chi connectivity index (χ4n) is 1.61. The van der Waals surface area contributed by atoms with Gasteiger partial charge in [0, 0.05) is 12.4 Å². The molecule has 7 nitrogen and oxygen atoms in total. The Morgan fingerprint density at radius 2 is 2.25 bits per heavy atom. The number of carboxylic acids is 1. The molecule has 104 valence electrons. The monoisotopic (exact) mass is 274 g/mol. The number of aromatic nitrogens is 3. The Bertz CT molecular complexity index is 636. The van der Waals surface area contributed by atoms with Gasteiger partial charge in [-0.3, -0.25) is 14.3 Å². The van der Waals surface area contributed by atoms with Crippen molar-refractivity contribution in [1.29, 1.82) is 0 Å². The second kappa shape index (κ2) is 5.96. The van der Waals surface area contributed by atoms with Crippen LogP contribution in [-0.2, 0) is 11.3 Å². The molecular weight excluding hydrogens is 260 g/mol. The number of amides is 1. The van der Waals surface area contributed by atoms with Crippen LogP contribution in [0, 0.1) is 6.92 Å². The minimum absolute atomic E-state index is 0.0395. The van der Waals surface area contributed by atoms with Gasteiger partial charge in [0.2, 0.25) is 0 Å². The first kappa shape index (κ1) is 13.7. The summed E-state index contributed by atoms with van der Waals surface area (Å²) in [4.78, 5) is 26.4. The summed E-state index contributed by atoms with van der Waals surface area (Å²) < 4.78 is 1.42. The highest BCUT2D eigenvalue weighted by Crippen LogP contribution is 2.08. The number of hydrogen-bond acceptors (Lipinski definition) is 4. The quantitative estimate of drug-likeness (QED) is 0.856. The summed E-state index contributed by atoms with van der Waals surface area (Å²) in [6.45, 7) is 2.13. The van der Waals surface area contributed by atoms with Crippen molar-refractivity contribution >= 4 is 17.7 Å². The van der Waals surface area contributed by atoms with Crippen LogP contribution in [-0.4, -0.2) is 31.7 Å². The molecule has 20 heavy (non-hydrogen) atoms. The zero-order chi connectivity index (χ0) is 14.5. The molecule has 0 aliphatic rings. The molecule has 2 aromatic rings. The smallest absolute Gasteiger partial charge is 0.305 e. The molecule has 2 aromatic heterocycles. The van der Waals surface area contributed by atoms with Crippen molar-refractivity contribution in [2.45, 2.75) is 19.9 Å². The second-order valence-electron chi connectivity index (χ2n) is 4.31. The standard InChI is InChI=1S/C13H14N4O3/c1-9-2-4-14-11(6-9)16-13(20)10-7-15-17(8-10)5-3-12(18)19/h2,4,6-8H,3,5H2,1H3,(H,18,19)(H,14,16,20). The van der Waals surface area contributed by atoms with Crippen molar-refractivity contribution in [1.82, 2.24) is 14.8 Å². The number of carbonyl (C=O) groups is 2. The number of aliphatic carboxylic acids is 1. The first-order valence-corrected chi connectivity index (χ1v) is 6.03. The molecule has 0 aliphatic heterocycles. The average Bonchev–Trinajstić information content (AvgIpc) is 2.85. The lowest BCUT2D eigenvalue weighted by Crippen LogP contribution is -2.12. The Morgan fingerprint density at radius 3 is 2.95 bits per heavy atom. The highest BCUT2D eigenvalue weighted by atomic mass is 16.4. The molecule has 0 radical (unpaired) electrons. The van der Waals surface area contributed by atoms with Gasteiger partial charge in [0.25, 0.3) is 5.91 Å². The molecule has 2 rings (SSSR count). The number of hydrogen-bond donors (Lipinski definition) is 2. The predicted octanol–water partition coefficient (Wildman–Crippen LogP) is 1.31. The van der Waals surface area contributed by atoms with Gasteiger partial charge in [0.15, 0.2) is 0 Å². The van der Waals surface area contributed by atoms with E-state index in [2.05, 4.69) is 15.4 Å². The van der Waals surface area contributed by atoms with Crippen LogP contribution in [0.2, 0.25) is 0 Å². The van der Waals surface area contributed by atoms with Crippen molar-refractivity contribution < 1.29 is 14.7 Å². The Kier molecular flexibility index (Phi) is 4.09. The summed E-state index contributed by atoms with van der Waals surface area (Å²) in [5, 5.41) is 15.2. The lowest BCUT2D eigenvalue weighted by Gasteiger charge is -2.02. The summed E-state index contributed by atoms with van der Waals surface area (Å²) in [5.41, 5.74) is 1.35. The number of rotatable bonds is 5. The van der Waals surface area contributed by atoms with Crippen molar-refractivity contribution in [2.75, 3.05) is 5.32 Å². The molecule has 0 spiro atoms. The Morgan fingerprint density at radius 1 is 1.45 bits per heavy atom. The fourth-order valence-corrected chi connectivity index (χ4v) is 1.61. The van der Waals surface area contributed by atoms with Gasteiger partial charge in [-0.05, 0) is 24.6 Å². The van der Waals surface area contributed by atoms with E-state index in [1.165, 1.54) is 17.1 Å². The van der Waals surface area contributed by atoms with Gasteiger partial charge >= 0.3 is 5.97 Å². The number of nitrogens with one attached hydrogen (secondary N) is 1. The van der Waals surface area contributed by atoms with E-state index in [1.54, 1.807) is 12.3 Å². The van der Waals surface area contributed by atoms with Gasteiger partial charge in [-0.2, -0.15) is 5.10 Å². The normalized spacial score (nSPS) is 10.2. The summed E-state index contributed by atoms with van der Waals surface area (Å²) in [7, 11) is 0. The number of aryl methyl sites for hydroxylation is 2. The molecule has 0 aromatic carbocycles. The Labute approximate surface area is 115 Å². The first-order chi connectivity index (χ1) is 9.54. The van der Waals surface area contributed by atoms with E-state index in [-0.39, 0.29) is 18.9 Å². The number of pyridine rings is 1. The van der Waals surface area contributed by atoms with E-state index >= 15 is 0 Å². The van der Waals surface area contributed by atoms with Gasteiger partial charge in [0.1, 0.15) is 5.82 Å². The van der Waals surface area contributed by atoms with Crippen LogP contribution < -0.4 is 5.32 Å². The van der Waals surface area contributed by atoms with Crippen LogP contribution in [0.4, 0.5) is 5.82 Å².